The lowest BCUT2D eigenvalue weighted by Gasteiger charge is -2.05. The molecule has 110 valence electrons. The molecule has 2 aromatic heterocycles. The van der Waals surface area contributed by atoms with E-state index in [0.717, 1.165) is 5.56 Å². The van der Waals surface area contributed by atoms with E-state index in [1.165, 1.54) is 0 Å². The standard InChI is InChI=1S/C16H13ClN4O/c17-12-6-2-1-5-11(12)10-19-16(22)15-9-14(20-21-15)13-7-3-4-8-18-13/h1-9H,10H2,(H,19,22)(H,20,21). The third-order valence-corrected chi connectivity index (χ3v) is 3.52. The fraction of sp³-hybridized carbons (Fsp3) is 0.0625. The highest BCUT2D eigenvalue weighted by Gasteiger charge is 2.11. The molecule has 0 spiro atoms. The van der Waals surface area contributed by atoms with Gasteiger partial charge in [-0.2, -0.15) is 5.10 Å². The largest absolute Gasteiger partial charge is 0.347 e. The maximum atomic E-state index is 12.1. The van der Waals surface area contributed by atoms with Crippen LogP contribution >= 0.6 is 11.6 Å². The molecule has 22 heavy (non-hydrogen) atoms. The quantitative estimate of drug-likeness (QED) is 0.778. The molecule has 0 aliphatic heterocycles. The molecule has 0 fully saturated rings. The smallest absolute Gasteiger partial charge is 0.269 e. The molecule has 3 rings (SSSR count). The van der Waals surface area contributed by atoms with E-state index in [0.29, 0.717) is 28.6 Å². The van der Waals surface area contributed by atoms with Gasteiger partial charge in [-0.3, -0.25) is 14.9 Å². The predicted molar refractivity (Wildman–Crippen MR) is 84.4 cm³/mol. The lowest BCUT2D eigenvalue weighted by molar-refractivity contribution is 0.0946. The zero-order valence-electron chi connectivity index (χ0n) is 11.6. The number of carbonyl (C=O) groups is 1. The summed E-state index contributed by atoms with van der Waals surface area (Å²) < 4.78 is 0. The van der Waals surface area contributed by atoms with E-state index in [-0.39, 0.29) is 5.91 Å². The van der Waals surface area contributed by atoms with Gasteiger partial charge in [-0.15, -0.1) is 0 Å². The maximum Gasteiger partial charge on any atom is 0.269 e. The number of carbonyl (C=O) groups excluding carboxylic acids is 1. The number of amides is 1. The van der Waals surface area contributed by atoms with Crippen LogP contribution < -0.4 is 5.32 Å². The van der Waals surface area contributed by atoms with Crippen LogP contribution in [0.15, 0.2) is 54.7 Å². The van der Waals surface area contributed by atoms with E-state index in [1.807, 2.05) is 36.4 Å². The number of hydrogen-bond donors (Lipinski definition) is 2. The van der Waals surface area contributed by atoms with Gasteiger partial charge < -0.3 is 5.32 Å². The number of nitrogens with one attached hydrogen (secondary N) is 2. The molecule has 6 heteroatoms. The third kappa shape index (κ3) is 3.15. The van der Waals surface area contributed by atoms with E-state index in [2.05, 4.69) is 20.5 Å². The van der Waals surface area contributed by atoms with E-state index in [9.17, 15) is 4.79 Å². The Kier molecular flexibility index (Phi) is 4.16. The summed E-state index contributed by atoms with van der Waals surface area (Å²) in [5.74, 6) is -0.241. The number of rotatable bonds is 4. The van der Waals surface area contributed by atoms with Gasteiger partial charge in [-0.1, -0.05) is 35.9 Å². The van der Waals surface area contributed by atoms with Gasteiger partial charge in [0, 0.05) is 17.8 Å². The zero-order valence-corrected chi connectivity index (χ0v) is 12.3. The average molecular weight is 313 g/mol. The van der Waals surface area contributed by atoms with Crippen molar-refractivity contribution < 1.29 is 4.79 Å². The Hall–Kier alpha value is -2.66. The first-order valence-corrected chi connectivity index (χ1v) is 7.10. The number of H-pyrrole nitrogens is 1. The molecule has 0 saturated carbocycles. The molecular weight excluding hydrogens is 300 g/mol. The Morgan fingerprint density at radius 1 is 1.14 bits per heavy atom. The second kappa shape index (κ2) is 6.41. The summed E-state index contributed by atoms with van der Waals surface area (Å²) >= 11 is 6.06. The van der Waals surface area contributed by atoms with Gasteiger partial charge >= 0.3 is 0 Å². The minimum absolute atomic E-state index is 0.241. The number of pyridine rings is 1. The Labute approximate surface area is 132 Å². The van der Waals surface area contributed by atoms with Gasteiger partial charge in [0.05, 0.1) is 5.69 Å². The molecule has 0 aliphatic rings. The second-order valence-electron chi connectivity index (χ2n) is 4.66. The van der Waals surface area contributed by atoms with Crippen molar-refractivity contribution in [1.82, 2.24) is 20.5 Å². The Bertz CT molecular complexity index is 786. The summed E-state index contributed by atoms with van der Waals surface area (Å²) in [5, 5.41) is 10.3. The Morgan fingerprint density at radius 2 is 1.95 bits per heavy atom. The SMILES string of the molecule is O=C(NCc1ccccc1Cl)c1cc(-c2ccccn2)n[nH]1. The van der Waals surface area contributed by atoms with Crippen molar-refractivity contribution in [3.05, 3.63) is 71.0 Å². The zero-order chi connectivity index (χ0) is 15.4. The lowest BCUT2D eigenvalue weighted by atomic mass is 10.2. The van der Waals surface area contributed by atoms with Crippen LogP contribution in [-0.4, -0.2) is 21.1 Å². The number of aromatic nitrogens is 3. The summed E-state index contributed by atoms with van der Waals surface area (Å²) in [4.78, 5) is 16.3. The van der Waals surface area contributed by atoms with Crippen LogP contribution in [0.5, 0.6) is 0 Å². The van der Waals surface area contributed by atoms with Gasteiger partial charge in [0.2, 0.25) is 0 Å². The van der Waals surface area contributed by atoms with Crippen molar-refractivity contribution in [1.29, 1.82) is 0 Å². The number of hydrogen-bond acceptors (Lipinski definition) is 3. The molecule has 3 aromatic rings. The van der Waals surface area contributed by atoms with E-state index in [1.54, 1.807) is 18.3 Å². The summed E-state index contributed by atoms with van der Waals surface area (Å²) in [6.07, 6.45) is 1.68. The molecule has 0 saturated heterocycles. The first-order chi connectivity index (χ1) is 10.7. The molecule has 0 unspecified atom stereocenters. The fourth-order valence-corrected chi connectivity index (χ4v) is 2.20. The molecule has 1 amide bonds. The first kappa shape index (κ1) is 14.3. The van der Waals surface area contributed by atoms with Crippen molar-refractivity contribution >= 4 is 17.5 Å². The van der Waals surface area contributed by atoms with Crippen LogP contribution in [0, 0.1) is 0 Å². The van der Waals surface area contributed by atoms with Gasteiger partial charge in [-0.05, 0) is 29.8 Å². The first-order valence-electron chi connectivity index (χ1n) is 6.72. The topological polar surface area (TPSA) is 70.7 Å². The molecule has 0 radical (unpaired) electrons. The van der Waals surface area contributed by atoms with E-state index < -0.39 is 0 Å². The van der Waals surface area contributed by atoms with Crippen molar-refractivity contribution in [3.63, 3.8) is 0 Å². The Balaban J connectivity index is 1.69. The maximum absolute atomic E-state index is 12.1. The average Bonchev–Trinajstić information content (AvgIpc) is 3.05. The molecule has 0 aliphatic carbocycles. The van der Waals surface area contributed by atoms with Crippen molar-refractivity contribution in [2.24, 2.45) is 0 Å². The highest BCUT2D eigenvalue weighted by atomic mass is 35.5. The van der Waals surface area contributed by atoms with Crippen LogP contribution in [-0.2, 0) is 6.54 Å². The third-order valence-electron chi connectivity index (χ3n) is 3.15. The summed E-state index contributed by atoms with van der Waals surface area (Å²) in [6.45, 7) is 0.358. The van der Waals surface area contributed by atoms with Gasteiger partial charge in [0.15, 0.2) is 0 Å². The number of benzene rings is 1. The normalized spacial score (nSPS) is 10.4. The van der Waals surface area contributed by atoms with Crippen LogP contribution in [0.2, 0.25) is 5.02 Å². The number of nitrogens with zero attached hydrogens (tertiary/aromatic N) is 2. The van der Waals surface area contributed by atoms with Crippen LogP contribution in [0.1, 0.15) is 16.1 Å². The lowest BCUT2D eigenvalue weighted by Crippen LogP contribution is -2.23. The van der Waals surface area contributed by atoms with Crippen LogP contribution in [0.25, 0.3) is 11.4 Å². The van der Waals surface area contributed by atoms with Crippen LogP contribution in [0.4, 0.5) is 0 Å². The molecule has 2 N–H and O–H groups in total. The molecule has 2 heterocycles. The molecule has 0 bridgehead atoms. The molecule has 1 aromatic carbocycles. The second-order valence-corrected chi connectivity index (χ2v) is 5.06. The van der Waals surface area contributed by atoms with Crippen LogP contribution in [0.3, 0.4) is 0 Å². The van der Waals surface area contributed by atoms with E-state index >= 15 is 0 Å². The summed E-state index contributed by atoms with van der Waals surface area (Å²) in [6, 6.07) is 14.6. The van der Waals surface area contributed by atoms with Crippen molar-refractivity contribution in [2.45, 2.75) is 6.54 Å². The molecule has 5 nitrogen and oxygen atoms in total. The Morgan fingerprint density at radius 3 is 2.73 bits per heavy atom. The van der Waals surface area contributed by atoms with E-state index in [4.69, 9.17) is 11.6 Å². The van der Waals surface area contributed by atoms with Crippen molar-refractivity contribution in [2.75, 3.05) is 0 Å². The number of halogens is 1. The summed E-state index contributed by atoms with van der Waals surface area (Å²) in [5.41, 5.74) is 2.59. The van der Waals surface area contributed by atoms with Gasteiger partial charge in [-0.25, -0.2) is 0 Å². The number of aromatic amines is 1. The van der Waals surface area contributed by atoms with Gasteiger partial charge in [0.25, 0.3) is 5.91 Å². The summed E-state index contributed by atoms with van der Waals surface area (Å²) in [7, 11) is 0. The monoisotopic (exact) mass is 312 g/mol. The molecule has 0 atom stereocenters. The highest BCUT2D eigenvalue weighted by Crippen LogP contribution is 2.16. The van der Waals surface area contributed by atoms with Crippen molar-refractivity contribution in [3.8, 4) is 11.4 Å². The molecular formula is C16H13ClN4O. The fourth-order valence-electron chi connectivity index (χ4n) is 2.00. The minimum atomic E-state index is -0.241. The minimum Gasteiger partial charge on any atom is -0.347 e. The highest BCUT2D eigenvalue weighted by molar-refractivity contribution is 6.31. The van der Waals surface area contributed by atoms with Gasteiger partial charge in [0.1, 0.15) is 11.4 Å². The predicted octanol–water partition coefficient (Wildman–Crippen LogP) is 3.06.